The molecule has 0 radical (unpaired) electrons. The summed E-state index contributed by atoms with van der Waals surface area (Å²) in [5.74, 6) is 0.0805. The zero-order valence-corrected chi connectivity index (χ0v) is 19.7. The zero-order valence-electron chi connectivity index (χ0n) is 19.0. The van der Waals surface area contributed by atoms with Gasteiger partial charge in [0.2, 0.25) is 5.91 Å². The van der Waals surface area contributed by atoms with Crippen molar-refractivity contribution in [2.45, 2.75) is 12.5 Å². The van der Waals surface area contributed by atoms with E-state index in [1.165, 1.54) is 17.0 Å². The average Bonchev–Trinajstić information content (AvgIpc) is 3.27. The van der Waals surface area contributed by atoms with Crippen LogP contribution >= 0.6 is 11.6 Å². The Morgan fingerprint density at radius 3 is 2.61 bits per heavy atom. The van der Waals surface area contributed by atoms with Crippen LogP contribution in [0.25, 0.3) is 0 Å². The summed E-state index contributed by atoms with van der Waals surface area (Å²) in [6.07, 6.45) is 0.479. The first-order valence-corrected chi connectivity index (χ1v) is 10.9. The third-order valence-corrected chi connectivity index (χ3v) is 5.69. The second-order valence-corrected chi connectivity index (χ2v) is 7.91. The number of nitrogens with zero attached hydrogens (tertiary/aromatic N) is 3. The van der Waals surface area contributed by atoms with Crippen LogP contribution in [-0.4, -0.2) is 75.1 Å². The summed E-state index contributed by atoms with van der Waals surface area (Å²) in [7, 11) is 4.58. The maximum atomic E-state index is 13.4. The normalized spacial score (nSPS) is 15.3. The molecule has 0 N–H and O–H groups in total. The molecule has 33 heavy (non-hydrogen) atoms. The van der Waals surface area contributed by atoms with Gasteiger partial charge in [-0.15, -0.1) is 0 Å². The van der Waals surface area contributed by atoms with Crippen molar-refractivity contribution in [2.75, 3.05) is 47.6 Å². The first kappa shape index (κ1) is 24.7. The molecular formula is C24H28ClN3O5. The van der Waals surface area contributed by atoms with Crippen molar-refractivity contribution >= 4 is 29.1 Å². The van der Waals surface area contributed by atoms with Crippen molar-refractivity contribution < 1.29 is 23.8 Å². The van der Waals surface area contributed by atoms with Crippen LogP contribution in [-0.2, 0) is 19.1 Å². The van der Waals surface area contributed by atoms with E-state index in [2.05, 4.69) is 5.10 Å². The van der Waals surface area contributed by atoms with Crippen molar-refractivity contribution in [1.29, 1.82) is 0 Å². The van der Waals surface area contributed by atoms with Crippen molar-refractivity contribution in [2.24, 2.45) is 5.10 Å². The summed E-state index contributed by atoms with van der Waals surface area (Å²) in [4.78, 5) is 27.3. The smallest absolute Gasteiger partial charge is 0.262 e. The first-order valence-electron chi connectivity index (χ1n) is 10.5. The fraction of sp³-hybridized carbons (Fsp3) is 0.375. The van der Waals surface area contributed by atoms with Gasteiger partial charge in [-0.3, -0.25) is 9.59 Å². The molecule has 1 aliphatic rings. The lowest BCUT2D eigenvalue weighted by Gasteiger charge is -2.27. The molecule has 1 unspecified atom stereocenters. The minimum atomic E-state index is -0.394. The van der Waals surface area contributed by atoms with Crippen LogP contribution < -0.4 is 4.74 Å². The van der Waals surface area contributed by atoms with Crippen LogP contribution in [0.3, 0.4) is 0 Å². The topological polar surface area (TPSA) is 80.7 Å². The molecule has 0 bridgehead atoms. The van der Waals surface area contributed by atoms with E-state index in [1.54, 1.807) is 20.3 Å². The number of rotatable bonds is 10. The van der Waals surface area contributed by atoms with Gasteiger partial charge in [-0.05, 0) is 23.8 Å². The minimum absolute atomic E-state index is 0.122. The predicted molar refractivity (Wildman–Crippen MR) is 126 cm³/mol. The quantitative estimate of drug-likeness (QED) is 0.529. The van der Waals surface area contributed by atoms with E-state index in [1.807, 2.05) is 42.5 Å². The summed E-state index contributed by atoms with van der Waals surface area (Å²) < 4.78 is 15.4. The van der Waals surface area contributed by atoms with Gasteiger partial charge in [0.1, 0.15) is 18.9 Å². The number of hydrogen-bond acceptors (Lipinski definition) is 6. The maximum Gasteiger partial charge on any atom is 0.262 e. The van der Waals surface area contributed by atoms with E-state index >= 15 is 0 Å². The molecule has 1 heterocycles. The number of amides is 2. The van der Waals surface area contributed by atoms with Crippen LogP contribution in [0.1, 0.15) is 23.6 Å². The Hall–Kier alpha value is -2.94. The zero-order chi connectivity index (χ0) is 23.8. The highest BCUT2D eigenvalue weighted by molar-refractivity contribution is 6.31. The monoisotopic (exact) mass is 473 g/mol. The highest BCUT2D eigenvalue weighted by Crippen LogP contribution is 2.36. The second kappa shape index (κ2) is 11.8. The largest absolute Gasteiger partial charge is 0.497 e. The van der Waals surface area contributed by atoms with E-state index in [4.69, 9.17) is 25.8 Å². The molecule has 3 rings (SSSR count). The Labute approximate surface area is 198 Å². The standard InChI is InChI=1S/C24H28ClN3O5/c1-31-12-11-27(24(30)16-32-2)15-23(29)28-22(19-9-4-5-10-20(19)25)14-21(26-28)17-7-6-8-18(13-17)33-3/h4-10,13,22H,11-12,14-16H2,1-3H3. The van der Waals surface area contributed by atoms with Gasteiger partial charge in [-0.25, -0.2) is 5.01 Å². The van der Waals surface area contributed by atoms with Gasteiger partial charge in [0, 0.05) is 37.8 Å². The molecule has 0 saturated carbocycles. The van der Waals surface area contributed by atoms with Crippen LogP contribution in [0.4, 0.5) is 0 Å². The number of hydrazone groups is 1. The highest BCUT2D eigenvalue weighted by Gasteiger charge is 2.35. The number of ether oxygens (including phenoxy) is 3. The molecule has 2 amide bonds. The van der Waals surface area contributed by atoms with Crippen LogP contribution in [0, 0.1) is 0 Å². The molecule has 2 aromatic carbocycles. The number of carbonyl (C=O) groups is 2. The summed E-state index contributed by atoms with van der Waals surface area (Å²) in [6, 6.07) is 14.5. The average molecular weight is 474 g/mol. The van der Waals surface area contributed by atoms with Gasteiger partial charge >= 0.3 is 0 Å². The molecule has 2 aromatic rings. The Balaban J connectivity index is 1.92. The summed E-state index contributed by atoms with van der Waals surface area (Å²) in [5.41, 5.74) is 2.38. The van der Waals surface area contributed by atoms with Crippen LogP contribution in [0.2, 0.25) is 5.02 Å². The second-order valence-electron chi connectivity index (χ2n) is 7.50. The lowest BCUT2D eigenvalue weighted by Crippen LogP contribution is -2.44. The van der Waals surface area contributed by atoms with Crippen molar-refractivity contribution in [3.8, 4) is 5.75 Å². The van der Waals surface area contributed by atoms with Gasteiger partial charge in [0.15, 0.2) is 0 Å². The number of hydrogen-bond donors (Lipinski definition) is 0. The van der Waals surface area contributed by atoms with E-state index < -0.39 is 6.04 Å². The molecule has 0 fully saturated rings. The van der Waals surface area contributed by atoms with Gasteiger partial charge in [0.05, 0.1) is 25.5 Å². The SMILES string of the molecule is COCCN(CC(=O)N1N=C(c2cccc(OC)c2)CC1c1ccccc1Cl)C(=O)COC. The lowest BCUT2D eigenvalue weighted by molar-refractivity contribution is -0.144. The third kappa shape index (κ3) is 6.10. The van der Waals surface area contributed by atoms with E-state index in [0.29, 0.717) is 23.8 Å². The number of halogens is 1. The molecule has 0 aliphatic carbocycles. The summed E-state index contributed by atoms with van der Waals surface area (Å²) in [6.45, 7) is 0.293. The molecule has 0 saturated heterocycles. The number of benzene rings is 2. The molecular weight excluding hydrogens is 446 g/mol. The third-order valence-electron chi connectivity index (χ3n) is 5.35. The highest BCUT2D eigenvalue weighted by atomic mass is 35.5. The van der Waals surface area contributed by atoms with E-state index in [-0.39, 0.29) is 31.5 Å². The molecule has 0 aromatic heterocycles. The fourth-order valence-electron chi connectivity index (χ4n) is 3.65. The molecule has 9 heteroatoms. The van der Waals surface area contributed by atoms with Gasteiger partial charge in [-0.1, -0.05) is 41.9 Å². The van der Waals surface area contributed by atoms with Gasteiger partial charge in [-0.2, -0.15) is 5.10 Å². The minimum Gasteiger partial charge on any atom is -0.497 e. The Kier molecular flexibility index (Phi) is 8.82. The van der Waals surface area contributed by atoms with Crippen LogP contribution in [0.15, 0.2) is 53.6 Å². The summed E-state index contributed by atoms with van der Waals surface area (Å²) >= 11 is 6.48. The van der Waals surface area contributed by atoms with Crippen molar-refractivity contribution in [3.63, 3.8) is 0 Å². The van der Waals surface area contributed by atoms with E-state index in [0.717, 1.165) is 16.8 Å². The molecule has 1 atom stereocenters. The number of methoxy groups -OCH3 is 3. The molecule has 0 spiro atoms. The Bertz CT molecular complexity index is 1010. The Morgan fingerprint density at radius 1 is 1.12 bits per heavy atom. The van der Waals surface area contributed by atoms with Gasteiger partial charge in [0.25, 0.3) is 5.91 Å². The molecule has 176 valence electrons. The number of carbonyl (C=O) groups excluding carboxylic acids is 2. The van der Waals surface area contributed by atoms with Crippen LogP contribution in [0.5, 0.6) is 5.75 Å². The fourth-order valence-corrected chi connectivity index (χ4v) is 3.91. The van der Waals surface area contributed by atoms with E-state index in [9.17, 15) is 9.59 Å². The Morgan fingerprint density at radius 2 is 1.91 bits per heavy atom. The predicted octanol–water partition coefficient (Wildman–Crippen LogP) is 3.15. The van der Waals surface area contributed by atoms with Crippen molar-refractivity contribution in [3.05, 3.63) is 64.7 Å². The van der Waals surface area contributed by atoms with Crippen molar-refractivity contribution in [1.82, 2.24) is 9.91 Å². The van der Waals surface area contributed by atoms with Gasteiger partial charge < -0.3 is 19.1 Å². The molecule has 8 nitrogen and oxygen atoms in total. The first-order chi connectivity index (χ1) is 16.0. The summed E-state index contributed by atoms with van der Waals surface area (Å²) in [5, 5.41) is 6.63. The lowest BCUT2D eigenvalue weighted by atomic mass is 9.98. The maximum absolute atomic E-state index is 13.4. The molecule has 1 aliphatic heterocycles.